The van der Waals surface area contributed by atoms with E-state index in [1.807, 2.05) is 6.92 Å². The highest BCUT2D eigenvalue weighted by Gasteiger charge is 2.25. The molecule has 0 bridgehead atoms. The number of carbonyl (C=O) groups excluding carboxylic acids is 2. The molecular weight excluding hydrogens is 420 g/mol. The fourth-order valence-corrected chi connectivity index (χ4v) is 5.37. The number of amides is 1. The van der Waals surface area contributed by atoms with Crippen molar-refractivity contribution in [2.45, 2.75) is 56.4 Å². The average Bonchev–Trinajstić information content (AvgIpc) is 3.06. The third kappa shape index (κ3) is 6.75. The van der Waals surface area contributed by atoms with Crippen LogP contribution in [0.15, 0.2) is 29.2 Å². The molecule has 2 aliphatic rings. The van der Waals surface area contributed by atoms with E-state index in [0.29, 0.717) is 39.2 Å². The lowest BCUT2D eigenvalue weighted by molar-refractivity contribution is -0.154. The van der Waals surface area contributed by atoms with Crippen molar-refractivity contribution in [3.8, 4) is 0 Å². The predicted octanol–water partition coefficient (Wildman–Crippen LogP) is 1.97. The summed E-state index contributed by atoms with van der Waals surface area (Å²) in [5.74, 6) is -0.664. The van der Waals surface area contributed by atoms with Gasteiger partial charge in [0.05, 0.1) is 17.6 Å². The van der Waals surface area contributed by atoms with Gasteiger partial charge in [0, 0.05) is 32.6 Å². The predicted molar refractivity (Wildman–Crippen MR) is 115 cm³/mol. The molecule has 0 radical (unpaired) electrons. The second-order valence-corrected chi connectivity index (χ2v) is 10.1. The minimum atomic E-state index is -3.48. The van der Waals surface area contributed by atoms with Crippen LogP contribution in [0.3, 0.4) is 0 Å². The highest BCUT2D eigenvalue weighted by Crippen LogP contribution is 2.21. The van der Waals surface area contributed by atoms with Crippen LogP contribution in [0.25, 0.3) is 0 Å². The Labute approximate surface area is 184 Å². The van der Waals surface area contributed by atoms with E-state index < -0.39 is 16.0 Å². The normalized spacial score (nSPS) is 20.8. The van der Waals surface area contributed by atoms with Crippen molar-refractivity contribution in [3.05, 3.63) is 29.8 Å². The summed E-state index contributed by atoms with van der Waals surface area (Å²) in [5, 5.41) is 0. The number of sulfonamides is 1. The maximum atomic E-state index is 12.8. The molecule has 1 aromatic rings. The van der Waals surface area contributed by atoms with Gasteiger partial charge in [-0.15, -0.1) is 0 Å². The van der Waals surface area contributed by atoms with Crippen LogP contribution < -0.4 is 0 Å². The Kier molecular flexibility index (Phi) is 8.45. The Morgan fingerprint density at radius 1 is 1.06 bits per heavy atom. The van der Waals surface area contributed by atoms with Gasteiger partial charge in [0.2, 0.25) is 10.0 Å². The van der Waals surface area contributed by atoms with E-state index in [4.69, 9.17) is 9.47 Å². The van der Waals surface area contributed by atoms with Crippen LogP contribution in [0, 0.1) is 0 Å². The summed E-state index contributed by atoms with van der Waals surface area (Å²) in [7, 11) is -3.48. The Morgan fingerprint density at radius 3 is 2.39 bits per heavy atom. The summed E-state index contributed by atoms with van der Waals surface area (Å²) >= 11 is 0. The number of carbonyl (C=O) groups is 2. The van der Waals surface area contributed by atoms with Crippen molar-refractivity contribution in [2.75, 3.05) is 39.4 Å². The summed E-state index contributed by atoms with van der Waals surface area (Å²) < 4.78 is 37.7. The molecule has 9 heteroatoms. The highest BCUT2D eigenvalue weighted by molar-refractivity contribution is 7.89. The molecule has 1 unspecified atom stereocenters. The maximum absolute atomic E-state index is 12.8. The number of hydrogen-bond acceptors (Lipinski definition) is 6. The van der Waals surface area contributed by atoms with E-state index in [9.17, 15) is 18.0 Å². The smallest absolute Gasteiger partial charge is 0.306 e. The van der Waals surface area contributed by atoms with Gasteiger partial charge in [0.25, 0.3) is 5.91 Å². The van der Waals surface area contributed by atoms with E-state index in [2.05, 4.69) is 0 Å². The fourth-order valence-electron chi connectivity index (χ4n) is 3.86. The Balaban J connectivity index is 1.45. The molecule has 0 spiro atoms. The fraction of sp³-hybridized carbons (Fsp3) is 0.636. The van der Waals surface area contributed by atoms with Crippen molar-refractivity contribution < 1.29 is 27.5 Å². The summed E-state index contributed by atoms with van der Waals surface area (Å²) in [6.45, 7) is 4.27. The van der Waals surface area contributed by atoms with Crippen LogP contribution in [0.1, 0.15) is 44.6 Å². The van der Waals surface area contributed by atoms with Gasteiger partial charge in [0.1, 0.15) is 0 Å². The lowest BCUT2D eigenvalue weighted by Gasteiger charge is -2.30. The van der Waals surface area contributed by atoms with Crippen molar-refractivity contribution in [1.29, 1.82) is 0 Å². The number of benzene rings is 1. The molecule has 0 aliphatic carbocycles. The van der Waals surface area contributed by atoms with E-state index in [1.165, 1.54) is 0 Å². The van der Waals surface area contributed by atoms with Crippen LogP contribution in [-0.4, -0.2) is 75.0 Å². The van der Waals surface area contributed by atoms with Gasteiger partial charge in [-0.1, -0.05) is 25.0 Å². The number of ether oxygens (including phenoxy) is 2. The highest BCUT2D eigenvalue weighted by atomic mass is 32.2. The van der Waals surface area contributed by atoms with Crippen LogP contribution in [0.5, 0.6) is 0 Å². The van der Waals surface area contributed by atoms with Crippen molar-refractivity contribution in [1.82, 2.24) is 9.21 Å². The van der Waals surface area contributed by atoms with Gasteiger partial charge < -0.3 is 14.4 Å². The van der Waals surface area contributed by atoms with Crippen LogP contribution in [0.4, 0.5) is 0 Å². The molecule has 2 aliphatic heterocycles. The molecule has 172 valence electrons. The number of rotatable bonds is 7. The zero-order valence-electron chi connectivity index (χ0n) is 18.1. The average molecular weight is 453 g/mol. The third-order valence-corrected chi connectivity index (χ3v) is 7.61. The number of aryl methyl sites for hydroxylation is 1. The summed E-state index contributed by atoms with van der Waals surface area (Å²) in [5.41, 5.74) is 0.847. The zero-order chi connectivity index (χ0) is 22.3. The monoisotopic (exact) mass is 452 g/mol. The summed E-state index contributed by atoms with van der Waals surface area (Å²) in [6.07, 6.45) is 4.46. The SMILES string of the molecule is CC1CN(C(=O)COC(=O)CCc2ccc(S(=O)(=O)N3CCCCCC3)cc2)CCO1. The summed E-state index contributed by atoms with van der Waals surface area (Å²) in [6, 6.07) is 6.67. The molecule has 8 nitrogen and oxygen atoms in total. The van der Waals surface area contributed by atoms with Gasteiger partial charge in [-0.05, 0) is 43.9 Å². The molecule has 2 heterocycles. The Hall–Kier alpha value is -1.97. The van der Waals surface area contributed by atoms with Crippen LogP contribution in [0.2, 0.25) is 0 Å². The first-order valence-corrected chi connectivity index (χ1v) is 12.4. The first-order valence-electron chi connectivity index (χ1n) is 11.0. The van der Waals surface area contributed by atoms with E-state index in [1.54, 1.807) is 33.5 Å². The van der Waals surface area contributed by atoms with Gasteiger partial charge >= 0.3 is 5.97 Å². The quantitative estimate of drug-likeness (QED) is 0.588. The standard InChI is InChI=1S/C22H32N2O6S/c1-18-16-23(14-15-29-18)21(25)17-30-22(26)11-8-19-6-9-20(10-7-19)31(27,28)24-12-4-2-3-5-13-24/h6-7,9-10,18H,2-5,8,11-17H2,1H3. The molecule has 1 amide bonds. The molecule has 3 rings (SSSR count). The van der Waals surface area contributed by atoms with Crippen LogP contribution in [-0.2, 0) is 35.5 Å². The second kappa shape index (κ2) is 11.1. The second-order valence-electron chi connectivity index (χ2n) is 8.14. The number of hydrogen-bond donors (Lipinski definition) is 0. The lowest BCUT2D eigenvalue weighted by Crippen LogP contribution is -2.46. The van der Waals surface area contributed by atoms with E-state index in [-0.39, 0.29) is 29.9 Å². The molecule has 0 N–H and O–H groups in total. The number of nitrogens with zero attached hydrogens (tertiary/aromatic N) is 2. The summed E-state index contributed by atoms with van der Waals surface area (Å²) in [4.78, 5) is 26.1. The number of morpholine rings is 1. The minimum Gasteiger partial charge on any atom is -0.456 e. The zero-order valence-corrected chi connectivity index (χ0v) is 18.9. The van der Waals surface area contributed by atoms with E-state index in [0.717, 1.165) is 31.2 Å². The molecule has 1 atom stereocenters. The molecule has 0 aromatic heterocycles. The van der Waals surface area contributed by atoms with E-state index >= 15 is 0 Å². The molecule has 2 fully saturated rings. The van der Waals surface area contributed by atoms with Gasteiger partial charge in [-0.25, -0.2) is 8.42 Å². The molecule has 31 heavy (non-hydrogen) atoms. The molecular formula is C22H32N2O6S. The maximum Gasteiger partial charge on any atom is 0.306 e. The Bertz CT molecular complexity index is 847. The minimum absolute atomic E-state index is 0.0143. The van der Waals surface area contributed by atoms with Gasteiger partial charge in [-0.2, -0.15) is 4.31 Å². The first-order chi connectivity index (χ1) is 14.9. The largest absolute Gasteiger partial charge is 0.456 e. The Morgan fingerprint density at radius 2 is 1.74 bits per heavy atom. The third-order valence-electron chi connectivity index (χ3n) is 5.69. The van der Waals surface area contributed by atoms with Gasteiger partial charge in [-0.3, -0.25) is 9.59 Å². The first kappa shape index (κ1) is 23.7. The van der Waals surface area contributed by atoms with Gasteiger partial charge in [0.15, 0.2) is 6.61 Å². The van der Waals surface area contributed by atoms with Crippen LogP contribution >= 0.6 is 0 Å². The van der Waals surface area contributed by atoms with Crippen molar-refractivity contribution >= 4 is 21.9 Å². The molecule has 0 saturated carbocycles. The topological polar surface area (TPSA) is 93.2 Å². The van der Waals surface area contributed by atoms with Crippen molar-refractivity contribution in [3.63, 3.8) is 0 Å². The molecule has 1 aromatic carbocycles. The molecule has 2 saturated heterocycles. The lowest BCUT2D eigenvalue weighted by atomic mass is 10.1. The van der Waals surface area contributed by atoms with Crippen molar-refractivity contribution in [2.24, 2.45) is 0 Å². The number of esters is 1.